The molecule has 0 radical (unpaired) electrons. The van der Waals surface area contributed by atoms with E-state index in [1.165, 1.54) is 32.5 Å². The molecule has 0 aliphatic heterocycles. The highest BCUT2D eigenvalue weighted by Gasteiger charge is 2.28. The first-order valence-electron chi connectivity index (χ1n) is 35.2. The van der Waals surface area contributed by atoms with E-state index in [2.05, 4.69) is 122 Å². The molecule has 0 heterocycles. The van der Waals surface area contributed by atoms with Gasteiger partial charge in [-0.3, -0.25) is 24.0 Å². The molecule has 21 nitrogen and oxygen atoms in total. The highest BCUT2D eigenvalue weighted by Crippen LogP contribution is 2.13. The zero-order valence-corrected chi connectivity index (χ0v) is 62.7. The number of rotatable bonds is 43. The van der Waals surface area contributed by atoms with Gasteiger partial charge in [0.25, 0.3) is 0 Å². The summed E-state index contributed by atoms with van der Waals surface area (Å²) in [6.45, 7) is 34.9. The van der Waals surface area contributed by atoms with Crippen LogP contribution in [0.5, 0.6) is 0 Å². The Morgan fingerprint density at radius 2 is 0.566 bits per heavy atom. The van der Waals surface area contributed by atoms with Crippen molar-refractivity contribution in [3.63, 3.8) is 0 Å². The van der Waals surface area contributed by atoms with Crippen LogP contribution >= 0.6 is 0 Å². The first kappa shape index (κ1) is 89.9. The van der Waals surface area contributed by atoms with Gasteiger partial charge in [-0.25, -0.2) is 9.59 Å². The van der Waals surface area contributed by atoms with Crippen LogP contribution in [0, 0.1) is 41.4 Å². The Labute approximate surface area is 593 Å². The summed E-state index contributed by atoms with van der Waals surface area (Å²) < 4.78 is 37.2. The minimum atomic E-state index is -0.760. The van der Waals surface area contributed by atoms with E-state index >= 15 is 0 Å². The number of nitrogens with two attached hydrogens (primary N) is 1. The number of hydrogen-bond donors (Lipinski definition) is 7. The second kappa shape index (κ2) is 53.8. The monoisotopic (exact) mass is 1380 g/mol. The number of unbranched alkanes of at least 4 members (excludes halogenated alkanes) is 1. The van der Waals surface area contributed by atoms with Crippen molar-refractivity contribution in [1.29, 1.82) is 0 Å². The quantitative estimate of drug-likeness (QED) is 0.0123. The van der Waals surface area contributed by atoms with Crippen molar-refractivity contribution < 1.29 is 66.7 Å². The van der Waals surface area contributed by atoms with Gasteiger partial charge in [0.05, 0.1) is 86.3 Å². The number of ether oxygens (including phenoxy) is 7. The second-order valence-electron chi connectivity index (χ2n) is 27.1. The van der Waals surface area contributed by atoms with Gasteiger partial charge < -0.3 is 70.8 Å². The molecule has 4 aromatic rings. The van der Waals surface area contributed by atoms with E-state index in [4.69, 9.17) is 24.7 Å². The largest absolute Gasteiger partial charge is 0.468 e. The van der Waals surface area contributed by atoms with Crippen LogP contribution in [0.4, 0.5) is 0 Å². The van der Waals surface area contributed by atoms with Crippen LogP contribution in [0.1, 0.15) is 158 Å². The molecule has 0 aliphatic rings. The van der Waals surface area contributed by atoms with Gasteiger partial charge in [-0.15, -0.1) is 0 Å². The normalized spacial score (nSPS) is 13.3. The van der Waals surface area contributed by atoms with Crippen LogP contribution in [0.15, 0.2) is 121 Å². The van der Waals surface area contributed by atoms with E-state index in [-0.39, 0.29) is 85.1 Å². The van der Waals surface area contributed by atoms with Crippen molar-refractivity contribution >= 4 is 41.5 Å². The van der Waals surface area contributed by atoms with Gasteiger partial charge in [0.2, 0.25) is 23.6 Å². The van der Waals surface area contributed by atoms with Crippen LogP contribution in [0.25, 0.3) is 0 Å². The lowest BCUT2D eigenvalue weighted by Gasteiger charge is -2.24. The maximum atomic E-state index is 12.5. The Kier molecular flexibility index (Phi) is 48.8. The molecule has 99 heavy (non-hydrogen) atoms. The molecule has 0 saturated heterocycles. The summed E-state index contributed by atoms with van der Waals surface area (Å²) in [7, 11) is 3.83. The van der Waals surface area contributed by atoms with Gasteiger partial charge in [0.1, 0.15) is 18.1 Å². The van der Waals surface area contributed by atoms with Gasteiger partial charge in [0, 0.05) is 37.8 Å². The molecule has 1 unspecified atom stereocenters. The lowest BCUT2D eigenvalue weighted by Crippen LogP contribution is -2.46. The number of esters is 3. The van der Waals surface area contributed by atoms with Crippen molar-refractivity contribution in [2.75, 3.05) is 60.8 Å². The molecular formula is C78H125N7O14. The highest BCUT2D eigenvalue weighted by atomic mass is 16.5. The summed E-state index contributed by atoms with van der Waals surface area (Å²) in [5.74, 6) is -1.14. The van der Waals surface area contributed by atoms with Crippen molar-refractivity contribution in [2.24, 2.45) is 47.2 Å². The summed E-state index contributed by atoms with van der Waals surface area (Å²) >= 11 is 0. The third kappa shape index (κ3) is 42.6. The Balaban J connectivity index is 0.000000706. The van der Waals surface area contributed by atoms with Crippen molar-refractivity contribution in [3.8, 4) is 0 Å². The molecule has 0 saturated carbocycles. The van der Waals surface area contributed by atoms with E-state index < -0.39 is 41.9 Å². The zero-order chi connectivity index (χ0) is 74.1. The number of methoxy groups -OCH3 is 3. The van der Waals surface area contributed by atoms with Gasteiger partial charge in [-0.1, -0.05) is 218 Å². The number of carbonyl (C=O) groups excluding carboxylic acids is 7. The van der Waals surface area contributed by atoms with Crippen molar-refractivity contribution in [2.45, 2.75) is 204 Å². The fraction of sp³-hybridized carbons (Fsp3) is 0.603. The van der Waals surface area contributed by atoms with Gasteiger partial charge >= 0.3 is 17.9 Å². The van der Waals surface area contributed by atoms with E-state index in [1.54, 1.807) is 27.7 Å². The molecule has 8 N–H and O–H groups in total. The van der Waals surface area contributed by atoms with Gasteiger partial charge in [-0.2, -0.15) is 0 Å². The second-order valence-corrected chi connectivity index (χ2v) is 27.1. The van der Waals surface area contributed by atoms with E-state index in [0.29, 0.717) is 63.6 Å². The summed E-state index contributed by atoms with van der Waals surface area (Å²) in [6.07, 6.45) is 2.40. The van der Waals surface area contributed by atoms with Crippen molar-refractivity contribution in [3.05, 3.63) is 144 Å². The first-order valence-corrected chi connectivity index (χ1v) is 35.2. The van der Waals surface area contributed by atoms with Crippen LogP contribution in [-0.4, -0.2) is 145 Å². The lowest BCUT2D eigenvalue weighted by atomic mass is 10.0. The SMILES string of the molecule is CC(C)[C@@H](COCc1ccccc1)NC(=O)CCC(=O)N[C@H](COCc1ccccc1)C(C)C.CC(C)[C@@H](COCc1ccccc1)NCCCCN[C@H](COCc1ccccc1)C(C)C.COC(=O)C(N)C(C)C.COC(=O)[C@@H](NC(=O)CCC(=O)N[C@H](C(=O)OC)C(C)C)C(C)C. The third-order valence-corrected chi connectivity index (χ3v) is 16.2. The van der Waals surface area contributed by atoms with Crippen molar-refractivity contribution in [1.82, 2.24) is 31.9 Å². The minimum Gasteiger partial charge on any atom is -0.468 e. The van der Waals surface area contributed by atoms with E-state index in [1.807, 2.05) is 114 Å². The number of benzene rings is 4. The molecule has 7 atom stereocenters. The molecule has 4 amide bonds. The molecule has 0 aromatic heterocycles. The summed E-state index contributed by atoms with van der Waals surface area (Å²) in [4.78, 5) is 82.5. The fourth-order valence-corrected chi connectivity index (χ4v) is 9.27. The summed E-state index contributed by atoms with van der Waals surface area (Å²) in [5.41, 5.74) is 10.1. The Hall–Kier alpha value is -7.11. The average Bonchev–Trinajstić information content (AvgIpc) is 1.10. The predicted molar refractivity (Wildman–Crippen MR) is 391 cm³/mol. The molecule has 0 fully saturated rings. The fourth-order valence-electron chi connectivity index (χ4n) is 9.27. The Bertz CT molecular complexity index is 2600. The number of amides is 4. The molecule has 4 aromatic carbocycles. The smallest absolute Gasteiger partial charge is 0.328 e. The van der Waals surface area contributed by atoms with Crippen LogP contribution in [0.3, 0.4) is 0 Å². The van der Waals surface area contributed by atoms with Crippen LogP contribution in [0.2, 0.25) is 0 Å². The number of hydrogen-bond acceptors (Lipinski definition) is 17. The first-order chi connectivity index (χ1) is 47.1. The average molecular weight is 1380 g/mol. The van der Waals surface area contributed by atoms with Gasteiger partial charge in [0.15, 0.2) is 0 Å². The van der Waals surface area contributed by atoms with Crippen LogP contribution < -0.4 is 37.6 Å². The number of carbonyl (C=O) groups is 7. The van der Waals surface area contributed by atoms with Crippen LogP contribution in [-0.2, 0) is 93.1 Å². The molecule has 21 heteroatoms. The standard InChI is InChI=1S/C28H40N2O4.C28H44N2O2.C16H28N2O6.C6H13NO2/c1-21(2)25(19-33-17-23-11-7-5-8-12-23)29-27(31)15-16-28(32)30-26(22(3)4)20-34-18-24-13-9-6-10-14-24;1-23(2)27(21-31-19-25-13-7-5-8-14-25)29-17-11-12-18-30-28(24(3)4)22-32-20-26-15-9-6-10-16-26;1-9(2)13(15(21)23-5)17-11(19)7-8-12(20)18-14(10(3)4)16(22)24-6;1-4(2)5(7)6(8)9-3/h5-14,21-22,25-26H,15-20H2,1-4H3,(H,29,31)(H,30,32);5-10,13-16,23-24,27-30H,11-12,17-22H2,1-4H3;9-10,13-14H,7-8H2,1-6H3,(H,17,19)(H,18,20);4-5H,7H2,1-3H3/t25-,26-;27-,28-;13-,14-;/m110./s1. The van der Waals surface area contributed by atoms with E-state index in [0.717, 1.165) is 50.3 Å². The Morgan fingerprint density at radius 3 is 0.778 bits per heavy atom. The highest BCUT2D eigenvalue weighted by molar-refractivity contribution is 5.89. The Morgan fingerprint density at radius 1 is 0.323 bits per heavy atom. The minimum absolute atomic E-state index is 0.0992. The molecule has 556 valence electrons. The summed E-state index contributed by atoms with van der Waals surface area (Å²) in [6, 6.07) is 39.2. The maximum Gasteiger partial charge on any atom is 0.328 e. The van der Waals surface area contributed by atoms with E-state index in [9.17, 15) is 33.6 Å². The molecule has 0 spiro atoms. The predicted octanol–water partition coefficient (Wildman–Crippen LogP) is 10.4. The third-order valence-electron chi connectivity index (χ3n) is 16.2. The van der Waals surface area contributed by atoms with Gasteiger partial charge in [-0.05, 0) is 89.6 Å². The maximum absolute atomic E-state index is 12.5. The summed E-state index contributed by atoms with van der Waals surface area (Å²) in [5, 5.41) is 18.5. The molecule has 0 aliphatic carbocycles. The lowest BCUT2D eigenvalue weighted by molar-refractivity contribution is -0.147. The molecule has 4 rings (SSSR count). The molecule has 0 bridgehead atoms. The molecular weight excluding hydrogens is 1260 g/mol. The number of nitrogens with one attached hydrogen (secondary N) is 6. The topological polar surface area (TPSA) is 282 Å². The zero-order valence-electron chi connectivity index (χ0n) is 62.7.